The average Bonchev–Trinajstić information content (AvgIpc) is 2.08. The van der Waals surface area contributed by atoms with Crippen molar-refractivity contribution in [1.29, 1.82) is 0 Å². The maximum Gasteiger partial charge on any atom is 0.267 e. The smallest absolute Gasteiger partial charge is 0.205 e. The minimum Gasteiger partial charge on any atom is -0.205 e. The monoisotopic (exact) mass is 272 g/mol. The zero-order chi connectivity index (χ0) is 10.0. The van der Waals surface area contributed by atoms with Crippen molar-refractivity contribution < 1.29 is 13.2 Å². The Balaban J connectivity index is 3.32. The van der Waals surface area contributed by atoms with Gasteiger partial charge in [0.2, 0.25) is 0 Å². The highest BCUT2D eigenvalue weighted by molar-refractivity contribution is 9.10. The van der Waals surface area contributed by atoms with Crippen LogP contribution in [-0.4, -0.2) is 0 Å². The van der Waals surface area contributed by atoms with Gasteiger partial charge in [0.05, 0.1) is 10.0 Å². The summed E-state index contributed by atoms with van der Waals surface area (Å²) in [5, 5.41) is 0. The molecule has 0 radical (unpaired) electrons. The van der Waals surface area contributed by atoms with Crippen molar-refractivity contribution in [2.75, 3.05) is 0 Å². The molecular weight excluding hydrogens is 268 g/mol. The highest BCUT2D eigenvalue weighted by atomic mass is 79.9. The van der Waals surface area contributed by atoms with Gasteiger partial charge in [0.1, 0.15) is 5.82 Å². The molecule has 0 heterocycles. The van der Waals surface area contributed by atoms with Crippen molar-refractivity contribution >= 4 is 27.5 Å². The summed E-state index contributed by atoms with van der Waals surface area (Å²) in [6.07, 6.45) is -2.84. The summed E-state index contributed by atoms with van der Waals surface area (Å²) in [6, 6.07) is 2.74. The van der Waals surface area contributed by atoms with Crippen LogP contribution in [0.5, 0.6) is 0 Å². The van der Waals surface area contributed by atoms with Crippen molar-refractivity contribution in [3.8, 4) is 0 Å². The Labute approximate surface area is 86.8 Å². The summed E-state index contributed by atoms with van der Waals surface area (Å²) in [7, 11) is 0. The van der Waals surface area contributed by atoms with Crippen LogP contribution in [0.2, 0.25) is 0 Å². The van der Waals surface area contributed by atoms with Gasteiger partial charge < -0.3 is 0 Å². The molecule has 0 nitrogen and oxygen atoms in total. The van der Waals surface area contributed by atoms with Crippen molar-refractivity contribution in [2.45, 2.75) is 12.3 Å². The molecule has 13 heavy (non-hydrogen) atoms. The Morgan fingerprint density at radius 2 is 2.00 bits per heavy atom. The van der Waals surface area contributed by atoms with E-state index in [1.165, 1.54) is 12.1 Å². The van der Waals surface area contributed by atoms with Gasteiger partial charge in [-0.3, -0.25) is 0 Å². The van der Waals surface area contributed by atoms with E-state index in [0.717, 1.165) is 0 Å². The van der Waals surface area contributed by atoms with Crippen LogP contribution < -0.4 is 0 Å². The molecular formula is C8H5BrClF3. The van der Waals surface area contributed by atoms with Crippen LogP contribution in [0.25, 0.3) is 0 Å². The van der Waals surface area contributed by atoms with Gasteiger partial charge in [-0.25, -0.2) is 13.2 Å². The molecule has 0 N–H and O–H groups in total. The first kappa shape index (κ1) is 10.9. The molecule has 0 aliphatic rings. The molecule has 0 unspecified atom stereocenters. The number of hydrogen-bond donors (Lipinski definition) is 0. The predicted molar refractivity (Wildman–Crippen MR) is 48.6 cm³/mol. The molecule has 1 aromatic carbocycles. The molecule has 0 bridgehead atoms. The van der Waals surface area contributed by atoms with E-state index in [1.54, 1.807) is 0 Å². The predicted octanol–water partition coefficient (Wildman–Crippen LogP) is 4.26. The van der Waals surface area contributed by atoms with Gasteiger partial charge in [-0.1, -0.05) is 6.07 Å². The third-order valence-corrected chi connectivity index (χ3v) is 2.49. The van der Waals surface area contributed by atoms with Gasteiger partial charge in [-0.2, -0.15) is 0 Å². The van der Waals surface area contributed by atoms with E-state index in [4.69, 9.17) is 11.6 Å². The molecule has 0 aromatic heterocycles. The number of rotatable bonds is 2. The quantitative estimate of drug-likeness (QED) is 0.706. The van der Waals surface area contributed by atoms with Gasteiger partial charge in [-0.15, -0.1) is 11.6 Å². The summed E-state index contributed by atoms with van der Waals surface area (Å²) in [6.45, 7) is 0. The second kappa shape index (κ2) is 4.33. The van der Waals surface area contributed by atoms with E-state index in [-0.39, 0.29) is 15.9 Å². The van der Waals surface area contributed by atoms with Crippen molar-refractivity contribution in [1.82, 2.24) is 0 Å². The van der Waals surface area contributed by atoms with Gasteiger partial charge in [-0.05, 0) is 27.6 Å². The Morgan fingerprint density at radius 1 is 1.38 bits per heavy atom. The zero-order valence-electron chi connectivity index (χ0n) is 6.33. The van der Waals surface area contributed by atoms with Crippen LogP contribution in [-0.2, 0) is 5.88 Å². The summed E-state index contributed by atoms with van der Waals surface area (Å²) in [5.74, 6) is -1.06. The lowest BCUT2D eigenvalue weighted by Gasteiger charge is -2.08. The molecule has 0 fully saturated rings. The first-order valence-electron chi connectivity index (χ1n) is 3.38. The topological polar surface area (TPSA) is 0 Å². The van der Waals surface area contributed by atoms with Crippen LogP contribution in [0.3, 0.4) is 0 Å². The van der Waals surface area contributed by atoms with E-state index in [0.29, 0.717) is 0 Å². The summed E-state index contributed by atoms with van der Waals surface area (Å²) >= 11 is 8.21. The zero-order valence-corrected chi connectivity index (χ0v) is 8.67. The van der Waals surface area contributed by atoms with E-state index in [9.17, 15) is 13.2 Å². The van der Waals surface area contributed by atoms with Crippen molar-refractivity contribution in [3.63, 3.8) is 0 Å². The van der Waals surface area contributed by atoms with Crippen LogP contribution in [0.15, 0.2) is 16.6 Å². The molecule has 72 valence electrons. The Hall–Kier alpha value is -0.220. The molecule has 0 atom stereocenters. The van der Waals surface area contributed by atoms with Gasteiger partial charge in [0.15, 0.2) is 0 Å². The lowest BCUT2D eigenvalue weighted by atomic mass is 10.1. The molecule has 0 aliphatic heterocycles. The van der Waals surface area contributed by atoms with Crippen molar-refractivity contribution in [2.24, 2.45) is 0 Å². The second-order valence-corrected chi connectivity index (χ2v) is 3.49. The van der Waals surface area contributed by atoms with Crippen LogP contribution in [0, 0.1) is 5.82 Å². The fourth-order valence-corrected chi connectivity index (χ4v) is 1.54. The largest absolute Gasteiger partial charge is 0.267 e. The fourth-order valence-electron chi connectivity index (χ4n) is 0.959. The first-order chi connectivity index (χ1) is 6.07. The van der Waals surface area contributed by atoms with Crippen LogP contribution >= 0.6 is 27.5 Å². The second-order valence-electron chi connectivity index (χ2n) is 2.37. The normalized spacial score (nSPS) is 10.9. The summed E-state index contributed by atoms with van der Waals surface area (Å²) in [4.78, 5) is 0. The molecule has 5 heteroatoms. The standard InChI is InChI=1S/C8H5BrClF3/c9-5-2-1-4(3-10)6(7(5)11)8(12)13/h1-2,8H,3H2. The lowest BCUT2D eigenvalue weighted by Crippen LogP contribution is -1.97. The molecule has 0 spiro atoms. The van der Waals surface area contributed by atoms with E-state index >= 15 is 0 Å². The highest BCUT2D eigenvalue weighted by Gasteiger charge is 2.19. The minimum atomic E-state index is -2.84. The minimum absolute atomic E-state index is 0.0247. The lowest BCUT2D eigenvalue weighted by molar-refractivity contribution is 0.145. The number of benzene rings is 1. The fraction of sp³-hybridized carbons (Fsp3) is 0.250. The Bertz CT molecular complexity index is 315. The maximum absolute atomic E-state index is 13.1. The number of hydrogen-bond acceptors (Lipinski definition) is 0. The Morgan fingerprint density at radius 3 is 2.46 bits per heavy atom. The first-order valence-corrected chi connectivity index (χ1v) is 4.71. The third kappa shape index (κ3) is 2.17. The van der Waals surface area contributed by atoms with Crippen LogP contribution in [0.4, 0.5) is 13.2 Å². The SMILES string of the molecule is Fc1c(Br)ccc(CCl)c1C(F)F. The van der Waals surface area contributed by atoms with E-state index in [2.05, 4.69) is 15.9 Å². The number of halogens is 5. The molecule has 1 aromatic rings. The average molecular weight is 273 g/mol. The van der Waals surface area contributed by atoms with Crippen LogP contribution in [0.1, 0.15) is 17.6 Å². The highest BCUT2D eigenvalue weighted by Crippen LogP contribution is 2.31. The third-order valence-electron chi connectivity index (χ3n) is 1.59. The molecule has 0 aliphatic carbocycles. The maximum atomic E-state index is 13.1. The Kier molecular flexibility index (Phi) is 3.62. The van der Waals surface area contributed by atoms with Crippen molar-refractivity contribution in [3.05, 3.63) is 33.5 Å². The molecule has 0 saturated carbocycles. The van der Waals surface area contributed by atoms with Gasteiger partial charge in [0.25, 0.3) is 6.43 Å². The summed E-state index contributed by atoms with van der Waals surface area (Å²) in [5.41, 5.74) is -0.498. The van der Waals surface area contributed by atoms with E-state index < -0.39 is 17.8 Å². The molecule has 1 rings (SSSR count). The van der Waals surface area contributed by atoms with E-state index in [1.807, 2.05) is 0 Å². The number of alkyl halides is 3. The van der Waals surface area contributed by atoms with Gasteiger partial charge in [0, 0.05) is 5.88 Å². The summed E-state index contributed by atoms with van der Waals surface area (Å²) < 4.78 is 37.8. The van der Waals surface area contributed by atoms with Gasteiger partial charge >= 0.3 is 0 Å². The molecule has 0 amide bonds. The molecule has 0 saturated heterocycles.